The summed E-state index contributed by atoms with van der Waals surface area (Å²) in [5, 5.41) is 10.1. The molecule has 0 amide bonds. The number of carboxylic acid groups (broad SMARTS) is 1. The van der Waals surface area contributed by atoms with Crippen molar-refractivity contribution in [2.45, 2.75) is 39.2 Å². The van der Waals surface area contributed by atoms with Crippen molar-refractivity contribution < 1.29 is 19.1 Å². The highest BCUT2D eigenvalue weighted by atomic mass is 35.5. The number of carboxylic acids is 1. The molecule has 0 aliphatic carbocycles. The minimum absolute atomic E-state index is 0.457. The Labute approximate surface area is 186 Å². The predicted octanol–water partition coefficient (Wildman–Crippen LogP) is 5.15. The number of ether oxygens (including phenoxy) is 1. The summed E-state index contributed by atoms with van der Waals surface area (Å²) in [5.41, 5.74) is 3.75. The highest BCUT2D eigenvalue weighted by molar-refractivity contribution is 6.30. The number of fused-ring (bicyclic) bond motifs is 1. The van der Waals surface area contributed by atoms with E-state index in [9.17, 15) is 9.90 Å². The molecule has 0 bridgehead atoms. The first-order valence-corrected chi connectivity index (χ1v) is 10.8. The van der Waals surface area contributed by atoms with E-state index >= 15 is 0 Å². The van der Waals surface area contributed by atoms with Crippen molar-refractivity contribution in [3.63, 3.8) is 0 Å². The van der Waals surface area contributed by atoms with Crippen molar-refractivity contribution >= 4 is 23.3 Å². The van der Waals surface area contributed by atoms with Crippen molar-refractivity contribution in [1.29, 1.82) is 0 Å². The van der Waals surface area contributed by atoms with Gasteiger partial charge in [0.15, 0.2) is 0 Å². The van der Waals surface area contributed by atoms with Gasteiger partial charge in [-0.25, -0.2) is 9.78 Å². The average molecular weight is 441 g/mol. The molecule has 1 unspecified atom stereocenters. The summed E-state index contributed by atoms with van der Waals surface area (Å²) in [6.07, 6.45) is 2.39. The molecular weight excluding hydrogens is 416 g/mol. The molecule has 6 nitrogen and oxygen atoms in total. The molecule has 0 saturated heterocycles. The Kier molecular flexibility index (Phi) is 6.18. The van der Waals surface area contributed by atoms with Gasteiger partial charge in [0.1, 0.15) is 17.6 Å². The van der Waals surface area contributed by atoms with Crippen molar-refractivity contribution in [2.24, 2.45) is 0 Å². The zero-order valence-corrected chi connectivity index (χ0v) is 18.4. The van der Waals surface area contributed by atoms with Crippen LogP contribution in [0.25, 0.3) is 11.5 Å². The quantitative estimate of drug-likeness (QED) is 0.547. The van der Waals surface area contributed by atoms with Gasteiger partial charge in [-0.3, -0.25) is 0 Å². The number of carbonyl (C=O) groups is 1. The van der Waals surface area contributed by atoms with Gasteiger partial charge in [-0.1, -0.05) is 17.7 Å². The van der Waals surface area contributed by atoms with Crippen LogP contribution in [0.5, 0.6) is 5.75 Å². The first-order valence-electron chi connectivity index (χ1n) is 10.4. The lowest BCUT2D eigenvalue weighted by Gasteiger charge is -2.35. The molecule has 0 saturated carbocycles. The number of benzene rings is 2. The van der Waals surface area contributed by atoms with Crippen LogP contribution < -0.4 is 9.64 Å². The lowest BCUT2D eigenvalue weighted by atomic mass is 9.99. The minimum Gasteiger partial charge on any atom is -0.493 e. The normalized spacial score (nSPS) is 14.2. The Bertz CT molecular complexity index is 1080. The molecule has 2 aromatic carbocycles. The summed E-state index contributed by atoms with van der Waals surface area (Å²) in [5.74, 6) is 1.32. The highest BCUT2D eigenvalue weighted by Gasteiger charge is 2.27. The van der Waals surface area contributed by atoms with E-state index in [4.69, 9.17) is 20.8 Å². The third-order valence-corrected chi connectivity index (χ3v) is 5.90. The third-order valence-electron chi connectivity index (χ3n) is 5.65. The maximum Gasteiger partial charge on any atom is 0.326 e. The molecule has 31 heavy (non-hydrogen) atoms. The second-order valence-corrected chi connectivity index (χ2v) is 8.13. The van der Waals surface area contributed by atoms with Crippen LogP contribution in [-0.2, 0) is 17.6 Å². The van der Waals surface area contributed by atoms with Crippen molar-refractivity contribution in [2.75, 3.05) is 18.1 Å². The van der Waals surface area contributed by atoms with Crippen LogP contribution in [-0.4, -0.2) is 35.3 Å². The Morgan fingerprint density at radius 3 is 2.81 bits per heavy atom. The topological polar surface area (TPSA) is 75.8 Å². The second kappa shape index (κ2) is 9.02. The zero-order chi connectivity index (χ0) is 22.0. The fourth-order valence-corrected chi connectivity index (χ4v) is 4.05. The standard InChI is InChI=1S/C24H25ClN2O4/c1-15(24(28)29)27-13-4-5-19-21(27)6-3-7-22(19)30-14-12-20-16(2)31-23(26-20)17-8-10-18(25)11-9-17/h3,6-11,15H,4-5,12-14H2,1-2H3,(H,28,29). The molecule has 1 N–H and O–H groups in total. The molecule has 4 rings (SSSR count). The lowest BCUT2D eigenvalue weighted by molar-refractivity contribution is -0.138. The molecule has 1 aliphatic rings. The Balaban J connectivity index is 1.46. The molecule has 1 aromatic heterocycles. The minimum atomic E-state index is -0.822. The van der Waals surface area contributed by atoms with Gasteiger partial charge in [0.2, 0.25) is 5.89 Å². The van der Waals surface area contributed by atoms with Gasteiger partial charge in [0.05, 0.1) is 12.3 Å². The maximum absolute atomic E-state index is 11.5. The van der Waals surface area contributed by atoms with Gasteiger partial charge in [0, 0.05) is 34.8 Å². The van der Waals surface area contributed by atoms with Crippen LogP contribution >= 0.6 is 11.6 Å². The number of halogens is 1. The van der Waals surface area contributed by atoms with Gasteiger partial charge < -0.3 is 19.2 Å². The van der Waals surface area contributed by atoms with Gasteiger partial charge in [0.25, 0.3) is 0 Å². The van der Waals surface area contributed by atoms with E-state index in [1.807, 2.05) is 54.3 Å². The molecule has 0 radical (unpaired) electrons. The van der Waals surface area contributed by atoms with Gasteiger partial charge in [-0.2, -0.15) is 0 Å². The van der Waals surface area contributed by atoms with E-state index in [0.717, 1.165) is 53.4 Å². The van der Waals surface area contributed by atoms with Gasteiger partial charge in [-0.05, 0) is 63.1 Å². The number of aryl methyl sites for hydroxylation is 1. The van der Waals surface area contributed by atoms with E-state index in [2.05, 4.69) is 4.98 Å². The maximum atomic E-state index is 11.5. The Hall–Kier alpha value is -2.99. The molecular formula is C24H25ClN2O4. The predicted molar refractivity (Wildman–Crippen MR) is 120 cm³/mol. The first-order chi connectivity index (χ1) is 14.9. The van der Waals surface area contributed by atoms with Crippen LogP contribution in [0.3, 0.4) is 0 Å². The summed E-state index contributed by atoms with van der Waals surface area (Å²) in [6.45, 7) is 4.81. The molecule has 7 heteroatoms. The lowest BCUT2D eigenvalue weighted by Crippen LogP contribution is -2.42. The van der Waals surface area contributed by atoms with Crippen LogP contribution in [0.2, 0.25) is 5.02 Å². The van der Waals surface area contributed by atoms with Crippen LogP contribution in [0, 0.1) is 6.92 Å². The number of nitrogens with zero attached hydrogens (tertiary/aromatic N) is 2. The van der Waals surface area contributed by atoms with E-state index in [0.29, 0.717) is 23.9 Å². The SMILES string of the molecule is Cc1oc(-c2ccc(Cl)cc2)nc1CCOc1cccc2c1CCCN2C(C)C(=O)O. The Morgan fingerprint density at radius 1 is 1.29 bits per heavy atom. The van der Waals surface area contributed by atoms with Gasteiger partial charge >= 0.3 is 5.97 Å². The number of hydrogen-bond acceptors (Lipinski definition) is 5. The van der Waals surface area contributed by atoms with Gasteiger partial charge in [-0.15, -0.1) is 0 Å². The number of oxazole rings is 1. The number of anilines is 1. The molecule has 162 valence electrons. The molecule has 0 spiro atoms. The Morgan fingerprint density at radius 2 is 2.06 bits per heavy atom. The first kappa shape index (κ1) is 21.2. The summed E-state index contributed by atoms with van der Waals surface area (Å²) in [7, 11) is 0. The fourth-order valence-electron chi connectivity index (χ4n) is 3.93. The molecule has 3 aromatic rings. The number of aromatic nitrogens is 1. The number of aliphatic carboxylic acids is 1. The van der Waals surface area contributed by atoms with E-state index in [1.165, 1.54) is 0 Å². The molecule has 0 fully saturated rings. The summed E-state index contributed by atoms with van der Waals surface area (Å²) in [4.78, 5) is 18.0. The summed E-state index contributed by atoms with van der Waals surface area (Å²) in [6, 6.07) is 12.7. The molecule has 2 heterocycles. The van der Waals surface area contributed by atoms with E-state index < -0.39 is 12.0 Å². The van der Waals surface area contributed by atoms with E-state index in [-0.39, 0.29) is 0 Å². The van der Waals surface area contributed by atoms with Crippen molar-refractivity contribution in [3.8, 4) is 17.2 Å². The number of hydrogen-bond donors (Lipinski definition) is 1. The smallest absolute Gasteiger partial charge is 0.326 e. The second-order valence-electron chi connectivity index (χ2n) is 7.69. The fraction of sp³-hybridized carbons (Fsp3) is 0.333. The summed E-state index contributed by atoms with van der Waals surface area (Å²) >= 11 is 5.95. The highest BCUT2D eigenvalue weighted by Crippen LogP contribution is 2.35. The largest absolute Gasteiger partial charge is 0.493 e. The summed E-state index contributed by atoms with van der Waals surface area (Å²) < 4.78 is 11.9. The van der Waals surface area contributed by atoms with Crippen molar-refractivity contribution in [3.05, 3.63) is 64.5 Å². The van der Waals surface area contributed by atoms with Crippen LogP contribution in [0.1, 0.15) is 30.4 Å². The van der Waals surface area contributed by atoms with Crippen molar-refractivity contribution in [1.82, 2.24) is 4.98 Å². The number of rotatable bonds is 7. The zero-order valence-electron chi connectivity index (χ0n) is 17.6. The third kappa shape index (κ3) is 4.54. The molecule has 1 atom stereocenters. The van der Waals surface area contributed by atoms with Crippen LogP contribution in [0.15, 0.2) is 46.9 Å². The monoisotopic (exact) mass is 440 g/mol. The van der Waals surface area contributed by atoms with E-state index in [1.54, 1.807) is 6.92 Å². The average Bonchev–Trinajstić information content (AvgIpc) is 3.14. The molecule has 1 aliphatic heterocycles. The van der Waals surface area contributed by atoms with Crippen LogP contribution in [0.4, 0.5) is 5.69 Å².